The van der Waals surface area contributed by atoms with E-state index < -0.39 is 5.97 Å². The molecule has 4 aromatic rings. The summed E-state index contributed by atoms with van der Waals surface area (Å²) in [5, 5.41) is 0. The van der Waals surface area contributed by atoms with Crippen molar-refractivity contribution in [3.05, 3.63) is 96.4 Å². The van der Waals surface area contributed by atoms with Gasteiger partial charge in [-0.3, -0.25) is 0 Å². The molecule has 1 unspecified atom stereocenters. The lowest BCUT2D eigenvalue weighted by Crippen LogP contribution is -2.12. The summed E-state index contributed by atoms with van der Waals surface area (Å²) in [5.41, 5.74) is 3.76. The Balaban J connectivity index is 1.68. The predicted molar refractivity (Wildman–Crippen MR) is 119 cm³/mol. The van der Waals surface area contributed by atoms with E-state index in [9.17, 15) is 4.79 Å². The van der Waals surface area contributed by atoms with Crippen LogP contribution in [0.15, 0.2) is 89.3 Å². The quantitative estimate of drug-likeness (QED) is 0.363. The molecular formula is C26H23NO4. The maximum Gasteiger partial charge on any atom is 0.343 e. The maximum absolute atomic E-state index is 11.4. The van der Waals surface area contributed by atoms with Gasteiger partial charge in [0, 0.05) is 11.1 Å². The second-order valence-electron chi connectivity index (χ2n) is 7.12. The van der Waals surface area contributed by atoms with Crippen LogP contribution in [0.1, 0.15) is 24.3 Å². The lowest BCUT2D eigenvalue weighted by molar-refractivity contribution is -0.142. The molecule has 1 atom stereocenters. The average molecular weight is 413 g/mol. The zero-order chi connectivity index (χ0) is 21.6. The van der Waals surface area contributed by atoms with Crippen molar-refractivity contribution in [2.24, 2.45) is 0 Å². The molecule has 0 amide bonds. The van der Waals surface area contributed by atoms with Gasteiger partial charge in [-0.2, -0.15) is 0 Å². The lowest BCUT2D eigenvalue weighted by Gasteiger charge is -2.10. The fraction of sp³-hybridized carbons (Fsp3) is 0.154. The molecule has 5 heteroatoms. The van der Waals surface area contributed by atoms with Gasteiger partial charge in [0.15, 0.2) is 12.4 Å². The second-order valence-corrected chi connectivity index (χ2v) is 7.12. The van der Waals surface area contributed by atoms with Crippen molar-refractivity contribution in [1.82, 2.24) is 4.98 Å². The zero-order valence-electron chi connectivity index (χ0n) is 17.4. The summed E-state index contributed by atoms with van der Waals surface area (Å²) in [6, 6.07) is 27.6. The first-order valence-electron chi connectivity index (χ1n) is 10.1. The third-order valence-electron chi connectivity index (χ3n) is 5.04. The number of oxazole rings is 1. The van der Waals surface area contributed by atoms with Crippen molar-refractivity contribution < 1.29 is 18.7 Å². The molecule has 0 aliphatic heterocycles. The van der Waals surface area contributed by atoms with Crippen LogP contribution in [0.25, 0.3) is 22.6 Å². The van der Waals surface area contributed by atoms with Crippen LogP contribution in [-0.4, -0.2) is 24.7 Å². The Morgan fingerprint density at radius 3 is 2.29 bits per heavy atom. The number of hydrogen-bond acceptors (Lipinski definition) is 5. The Kier molecular flexibility index (Phi) is 6.13. The van der Waals surface area contributed by atoms with Crippen molar-refractivity contribution >= 4 is 5.97 Å². The summed E-state index contributed by atoms with van der Waals surface area (Å²) in [4.78, 5) is 16.2. The van der Waals surface area contributed by atoms with E-state index in [0.29, 0.717) is 11.6 Å². The van der Waals surface area contributed by atoms with Gasteiger partial charge in [0.05, 0.1) is 13.0 Å². The molecule has 3 aromatic carbocycles. The third kappa shape index (κ3) is 4.67. The average Bonchev–Trinajstić information content (AvgIpc) is 3.29. The molecule has 0 saturated heterocycles. The predicted octanol–water partition coefficient (Wildman–Crippen LogP) is 5.71. The zero-order valence-corrected chi connectivity index (χ0v) is 17.4. The summed E-state index contributed by atoms with van der Waals surface area (Å²) in [5.74, 6) is 1.41. The van der Waals surface area contributed by atoms with Gasteiger partial charge >= 0.3 is 5.97 Å². The molecule has 0 aliphatic rings. The van der Waals surface area contributed by atoms with Gasteiger partial charge in [-0.05, 0) is 24.6 Å². The summed E-state index contributed by atoms with van der Waals surface area (Å²) in [6.45, 7) is 1.90. The minimum absolute atomic E-state index is 0.110. The molecule has 0 fully saturated rings. The van der Waals surface area contributed by atoms with Crippen molar-refractivity contribution in [3.63, 3.8) is 0 Å². The first-order chi connectivity index (χ1) is 15.2. The van der Waals surface area contributed by atoms with E-state index in [4.69, 9.17) is 14.1 Å². The summed E-state index contributed by atoms with van der Waals surface area (Å²) >= 11 is 0. The molecule has 0 N–H and O–H groups in total. The number of nitrogens with zero attached hydrogens (tertiary/aromatic N) is 1. The van der Waals surface area contributed by atoms with Crippen LogP contribution in [0, 0.1) is 0 Å². The monoisotopic (exact) mass is 413 g/mol. The van der Waals surface area contributed by atoms with E-state index in [0.717, 1.165) is 28.1 Å². The first-order valence-corrected chi connectivity index (χ1v) is 10.1. The summed E-state index contributed by atoms with van der Waals surface area (Å²) in [7, 11) is 1.33. The lowest BCUT2D eigenvalue weighted by atomic mass is 10.0. The Bertz CT molecular complexity index is 1100. The van der Waals surface area contributed by atoms with E-state index in [1.807, 2.05) is 85.8 Å². The highest BCUT2D eigenvalue weighted by molar-refractivity contribution is 5.77. The number of hydrogen-bond donors (Lipinski definition) is 0. The molecule has 0 aliphatic carbocycles. The van der Waals surface area contributed by atoms with Gasteiger partial charge in [-0.1, -0.05) is 72.8 Å². The highest BCUT2D eigenvalue weighted by Crippen LogP contribution is 2.36. The number of methoxy groups -OCH3 is 1. The fourth-order valence-corrected chi connectivity index (χ4v) is 3.32. The summed E-state index contributed by atoms with van der Waals surface area (Å²) < 4.78 is 16.5. The highest BCUT2D eigenvalue weighted by atomic mass is 16.6. The van der Waals surface area contributed by atoms with E-state index in [1.165, 1.54) is 7.11 Å². The smallest absolute Gasteiger partial charge is 0.343 e. The number of benzene rings is 3. The van der Waals surface area contributed by atoms with E-state index in [2.05, 4.69) is 4.74 Å². The van der Waals surface area contributed by atoms with Crippen LogP contribution >= 0.6 is 0 Å². The largest absolute Gasteiger partial charge is 0.482 e. The molecule has 31 heavy (non-hydrogen) atoms. The van der Waals surface area contributed by atoms with Gasteiger partial charge in [-0.15, -0.1) is 0 Å². The SMILES string of the molecule is COC(=O)COc1cccc(C(C)c2nc(-c3ccccc3)c(-c3ccccc3)o2)c1. The van der Waals surface area contributed by atoms with Crippen molar-refractivity contribution in [1.29, 1.82) is 0 Å². The van der Waals surface area contributed by atoms with Gasteiger partial charge < -0.3 is 13.9 Å². The number of rotatable bonds is 7. The first kappa shape index (κ1) is 20.4. The van der Waals surface area contributed by atoms with Crippen molar-refractivity contribution in [2.45, 2.75) is 12.8 Å². The molecule has 0 spiro atoms. The van der Waals surface area contributed by atoms with Crippen molar-refractivity contribution in [3.8, 4) is 28.3 Å². The normalized spacial score (nSPS) is 11.7. The van der Waals surface area contributed by atoms with Crippen LogP contribution < -0.4 is 4.74 Å². The summed E-state index contributed by atoms with van der Waals surface area (Å²) in [6.07, 6.45) is 0. The van der Waals surface area contributed by atoms with E-state index in [1.54, 1.807) is 6.07 Å². The van der Waals surface area contributed by atoms with E-state index in [-0.39, 0.29) is 12.5 Å². The molecule has 0 radical (unpaired) electrons. The second kappa shape index (κ2) is 9.30. The fourth-order valence-electron chi connectivity index (χ4n) is 3.32. The molecule has 5 nitrogen and oxygen atoms in total. The number of ether oxygens (including phenoxy) is 2. The Labute approximate surface area is 181 Å². The Morgan fingerprint density at radius 1 is 0.935 bits per heavy atom. The Hall–Kier alpha value is -3.86. The number of carbonyl (C=O) groups is 1. The van der Waals surface area contributed by atoms with Crippen LogP contribution in [0.2, 0.25) is 0 Å². The van der Waals surface area contributed by atoms with Crippen LogP contribution in [0.4, 0.5) is 0 Å². The minimum atomic E-state index is -0.425. The maximum atomic E-state index is 11.4. The number of carbonyl (C=O) groups excluding carboxylic acids is 1. The molecule has 0 saturated carbocycles. The molecule has 156 valence electrons. The van der Waals surface area contributed by atoms with Gasteiger partial charge in [0.25, 0.3) is 0 Å². The standard InChI is InChI=1S/C26H23NO4/c1-18(21-14-9-15-22(16-21)30-17-23(28)29-2)26-27-24(19-10-5-3-6-11-19)25(31-26)20-12-7-4-8-13-20/h3-16,18H,17H2,1-2H3. The molecule has 1 aromatic heterocycles. The molecule has 1 heterocycles. The minimum Gasteiger partial charge on any atom is -0.482 e. The third-order valence-corrected chi connectivity index (χ3v) is 5.04. The van der Waals surface area contributed by atoms with Crippen molar-refractivity contribution in [2.75, 3.05) is 13.7 Å². The van der Waals surface area contributed by atoms with Gasteiger partial charge in [-0.25, -0.2) is 9.78 Å². The molecular weight excluding hydrogens is 390 g/mol. The van der Waals surface area contributed by atoms with E-state index >= 15 is 0 Å². The van der Waals surface area contributed by atoms with Gasteiger partial charge in [0.2, 0.25) is 5.89 Å². The molecule has 4 rings (SSSR count). The highest BCUT2D eigenvalue weighted by Gasteiger charge is 2.21. The van der Waals surface area contributed by atoms with Crippen LogP contribution in [-0.2, 0) is 9.53 Å². The number of esters is 1. The number of aromatic nitrogens is 1. The topological polar surface area (TPSA) is 61.6 Å². The van der Waals surface area contributed by atoms with Crippen LogP contribution in [0.5, 0.6) is 5.75 Å². The van der Waals surface area contributed by atoms with Crippen LogP contribution in [0.3, 0.4) is 0 Å². The Morgan fingerprint density at radius 2 is 1.61 bits per heavy atom. The van der Waals surface area contributed by atoms with Gasteiger partial charge in [0.1, 0.15) is 11.4 Å². The molecule has 0 bridgehead atoms.